The molecule has 76 valence electrons. The average molecular weight is 176 g/mol. The first-order valence-corrected chi connectivity index (χ1v) is 3.77. The molecule has 2 heteroatoms. The fourth-order valence-corrected chi connectivity index (χ4v) is 0.427. The summed E-state index contributed by atoms with van der Waals surface area (Å²) >= 11 is 0. The van der Waals surface area contributed by atoms with Crippen LogP contribution in [0.3, 0.4) is 0 Å². The molecular formula is C10H24O2. The Balaban J connectivity index is -0.000000405. The number of rotatable bonds is 3. The van der Waals surface area contributed by atoms with E-state index in [1.165, 1.54) is 0 Å². The molecule has 0 radical (unpaired) electrons. The number of ether oxygens (including phenoxy) is 1. The molecule has 0 aromatic rings. The van der Waals surface area contributed by atoms with E-state index in [1.54, 1.807) is 6.92 Å². The maximum atomic E-state index is 10.7. The van der Waals surface area contributed by atoms with Gasteiger partial charge >= 0.3 is 5.97 Å². The fourth-order valence-electron chi connectivity index (χ4n) is 0.427. The predicted octanol–water partition coefficient (Wildman–Crippen LogP) is 3.26. The van der Waals surface area contributed by atoms with Gasteiger partial charge in [0.05, 0.1) is 0 Å². The summed E-state index contributed by atoms with van der Waals surface area (Å²) in [6.07, 6.45) is 0.518. The Hall–Kier alpha value is -0.530. The SMILES string of the molecule is C.C.CCC(=O)OC(C)C(C)C. The lowest BCUT2D eigenvalue weighted by atomic mass is 10.1. The Bertz CT molecular complexity index is 108. The van der Waals surface area contributed by atoms with E-state index < -0.39 is 0 Å². The van der Waals surface area contributed by atoms with Gasteiger partial charge in [-0.25, -0.2) is 0 Å². The summed E-state index contributed by atoms with van der Waals surface area (Å²) in [4.78, 5) is 10.7. The normalized spacial score (nSPS) is 11.1. The average Bonchev–Trinajstić information content (AvgIpc) is 1.87. The standard InChI is InChI=1S/C8H16O2.2CH4/c1-5-8(9)10-7(4)6(2)3;;/h6-7H,5H2,1-4H3;2*1H4. The van der Waals surface area contributed by atoms with E-state index in [4.69, 9.17) is 4.74 Å². The van der Waals surface area contributed by atoms with Crippen LogP contribution >= 0.6 is 0 Å². The molecule has 0 saturated heterocycles. The van der Waals surface area contributed by atoms with Crippen molar-refractivity contribution < 1.29 is 9.53 Å². The van der Waals surface area contributed by atoms with Crippen LogP contribution in [0.1, 0.15) is 49.0 Å². The van der Waals surface area contributed by atoms with E-state index in [0.29, 0.717) is 12.3 Å². The molecule has 0 heterocycles. The van der Waals surface area contributed by atoms with E-state index in [-0.39, 0.29) is 26.9 Å². The number of carbonyl (C=O) groups excluding carboxylic acids is 1. The highest BCUT2D eigenvalue weighted by molar-refractivity contribution is 5.69. The molecule has 0 aromatic heterocycles. The third-order valence-corrected chi connectivity index (χ3v) is 1.54. The summed E-state index contributed by atoms with van der Waals surface area (Å²) < 4.78 is 5.02. The van der Waals surface area contributed by atoms with E-state index in [2.05, 4.69) is 0 Å². The minimum absolute atomic E-state index is 0. The van der Waals surface area contributed by atoms with Crippen molar-refractivity contribution >= 4 is 5.97 Å². The summed E-state index contributed by atoms with van der Waals surface area (Å²) in [5.74, 6) is 0.302. The Morgan fingerprint density at radius 2 is 1.67 bits per heavy atom. The maximum Gasteiger partial charge on any atom is 0.305 e. The van der Waals surface area contributed by atoms with Crippen LogP contribution in [0, 0.1) is 5.92 Å². The molecule has 0 bridgehead atoms. The van der Waals surface area contributed by atoms with Crippen molar-refractivity contribution in [3.05, 3.63) is 0 Å². The minimum Gasteiger partial charge on any atom is -0.462 e. The zero-order chi connectivity index (χ0) is 8.15. The highest BCUT2D eigenvalue weighted by atomic mass is 16.5. The molecule has 0 rings (SSSR count). The maximum absolute atomic E-state index is 10.7. The van der Waals surface area contributed by atoms with Gasteiger partial charge in [-0.05, 0) is 12.8 Å². The van der Waals surface area contributed by atoms with E-state index >= 15 is 0 Å². The zero-order valence-electron chi connectivity index (χ0n) is 7.18. The Morgan fingerprint density at radius 3 is 1.92 bits per heavy atom. The molecule has 0 spiro atoms. The third-order valence-electron chi connectivity index (χ3n) is 1.54. The van der Waals surface area contributed by atoms with E-state index in [1.807, 2.05) is 20.8 Å². The van der Waals surface area contributed by atoms with Gasteiger partial charge in [0.25, 0.3) is 0 Å². The molecule has 1 unspecified atom stereocenters. The van der Waals surface area contributed by atoms with Crippen molar-refractivity contribution in [2.45, 2.75) is 55.1 Å². The van der Waals surface area contributed by atoms with Crippen LogP contribution in [-0.4, -0.2) is 12.1 Å². The molecule has 1 atom stereocenters. The summed E-state index contributed by atoms with van der Waals surface area (Å²) in [6.45, 7) is 7.79. The minimum atomic E-state index is -0.110. The van der Waals surface area contributed by atoms with Crippen molar-refractivity contribution in [1.82, 2.24) is 0 Å². The smallest absolute Gasteiger partial charge is 0.305 e. The third kappa shape index (κ3) is 7.58. The molecule has 0 fully saturated rings. The number of hydrogen-bond acceptors (Lipinski definition) is 2. The van der Waals surface area contributed by atoms with Crippen LogP contribution in [0.2, 0.25) is 0 Å². The topological polar surface area (TPSA) is 26.3 Å². The van der Waals surface area contributed by atoms with Crippen LogP contribution in [0.15, 0.2) is 0 Å². The van der Waals surface area contributed by atoms with Crippen molar-refractivity contribution in [3.63, 3.8) is 0 Å². The lowest BCUT2D eigenvalue weighted by Crippen LogP contribution is -2.19. The van der Waals surface area contributed by atoms with Gasteiger partial charge in [-0.15, -0.1) is 0 Å². The molecule has 2 nitrogen and oxygen atoms in total. The van der Waals surface area contributed by atoms with Crippen LogP contribution < -0.4 is 0 Å². The summed E-state index contributed by atoms with van der Waals surface area (Å²) in [5.41, 5.74) is 0. The van der Waals surface area contributed by atoms with Crippen LogP contribution in [0.5, 0.6) is 0 Å². The molecule has 0 N–H and O–H groups in total. The van der Waals surface area contributed by atoms with Crippen molar-refractivity contribution in [3.8, 4) is 0 Å². The number of esters is 1. The van der Waals surface area contributed by atoms with E-state index in [9.17, 15) is 4.79 Å². The molecule has 0 amide bonds. The summed E-state index contributed by atoms with van der Waals surface area (Å²) in [7, 11) is 0. The molecule has 0 aliphatic rings. The molecule has 0 aliphatic carbocycles. The first kappa shape index (κ1) is 17.5. The molecule has 0 aliphatic heterocycles. The van der Waals surface area contributed by atoms with Gasteiger partial charge in [0, 0.05) is 6.42 Å². The largest absolute Gasteiger partial charge is 0.462 e. The highest BCUT2D eigenvalue weighted by Gasteiger charge is 2.10. The highest BCUT2D eigenvalue weighted by Crippen LogP contribution is 2.05. The van der Waals surface area contributed by atoms with Gasteiger partial charge in [0.15, 0.2) is 0 Å². The Morgan fingerprint density at radius 1 is 1.25 bits per heavy atom. The fraction of sp³-hybridized carbons (Fsp3) is 0.900. The summed E-state index contributed by atoms with van der Waals surface area (Å²) in [5, 5.41) is 0. The van der Waals surface area contributed by atoms with Crippen molar-refractivity contribution in [2.75, 3.05) is 0 Å². The van der Waals surface area contributed by atoms with Gasteiger partial charge in [0.2, 0.25) is 0 Å². The number of hydrogen-bond donors (Lipinski definition) is 0. The second-order valence-corrected chi connectivity index (χ2v) is 2.79. The first-order valence-electron chi connectivity index (χ1n) is 3.77. The molecule has 0 saturated carbocycles. The lowest BCUT2D eigenvalue weighted by molar-refractivity contribution is -0.149. The lowest BCUT2D eigenvalue weighted by Gasteiger charge is -2.15. The zero-order valence-corrected chi connectivity index (χ0v) is 7.18. The second-order valence-electron chi connectivity index (χ2n) is 2.79. The molecule has 12 heavy (non-hydrogen) atoms. The molecular weight excluding hydrogens is 152 g/mol. The van der Waals surface area contributed by atoms with E-state index in [0.717, 1.165) is 0 Å². The van der Waals surface area contributed by atoms with Crippen molar-refractivity contribution in [2.24, 2.45) is 5.92 Å². The van der Waals surface area contributed by atoms with Crippen LogP contribution in [0.25, 0.3) is 0 Å². The van der Waals surface area contributed by atoms with Crippen LogP contribution in [0.4, 0.5) is 0 Å². The van der Waals surface area contributed by atoms with Gasteiger partial charge < -0.3 is 4.74 Å². The van der Waals surface area contributed by atoms with Gasteiger partial charge in [-0.1, -0.05) is 35.6 Å². The van der Waals surface area contributed by atoms with Gasteiger partial charge in [-0.3, -0.25) is 4.79 Å². The monoisotopic (exact) mass is 176 g/mol. The first-order chi connectivity index (χ1) is 4.57. The second kappa shape index (κ2) is 8.57. The summed E-state index contributed by atoms with van der Waals surface area (Å²) in [6, 6.07) is 0. The Kier molecular flexibility index (Phi) is 12.5. The van der Waals surface area contributed by atoms with Gasteiger partial charge in [0.1, 0.15) is 6.10 Å². The van der Waals surface area contributed by atoms with Gasteiger partial charge in [-0.2, -0.15) is 0 Å². The quantitative estimate of drug-likeness (QED) is 0.617. The van der Waals surface area contributed by atoms with Crippen LogP contribution in [-0.2, 0) is 9.53 Å². The Labute approximate surface area is 77.3 Å². The number of carbonyl (C=O) groups is 1. The predicted molar refractivity (Wildman–Crippen MR) is 54.1 cm³/mol. The van der Waals surface area contributed by atoms with Crippen molar-refractivity contribution in [1.29, 1.82) is 0 Å². The molecule has 0 aromatic carbocycles.